The van der Waals surface area contributed by atoms with Gasteiger partial charge >= 0.3 is 5.97 Å². The lowest BCUT2D eigenvalue weighted by atomic mass is 10.0. The highest BCUT2D eigenvalue weighted by Gasteiger charge is 2.12. The van der Waals surface area contributed by atoms with Gasteiger partial charge < -0.3 is 10.2 Å². The number of hydrogen-bond donors (Lipinski definition) is 3. The largest absolute Gasteiger partial charge is 0.508 e. The van der Waals surface area contributed by atoms with Crippen LogP contribution in [0.5, 0.6) is 5.75 Å². The van der Waals surface area contributed by atoms with Crippen molar-refractivity contribution < 1.29 is 19.8 Å². The minimum atomic E-state index is -0.984. The van der Waals surface area contributed by atoms with Gasteiger partial charge in [-0.05, 0) is 31.0 Å². The second-order valence-corrected chi connectivity index (χ2v) is 4.56. The van der Waals surface area contributed by atoms with Crippen LogP contribution in [0.25, 0.3) is 0 Å². The number of carboxylic acids is 1. The summed E-state index contributed by atoms with van der Waals surface area (Å²) in [6.07, 6.45) is 2.20. The quantitative estimate of drug-likeness (QED) is 0.387. The molecule has 0 atom stereocenters. The molecule has 5 heteroatoms. The highest BCUT2D eigenvalue weighted by atomic mass is 16.6. The van der Waals surface area contributed by atoms with Gasteiger partial charge in [0.25, 0.3) is 0 Å². The highest BCUT2D eigenvalue weighted by molar-refractivity contribution is 5.87. The van der Waals surface area contributed by atoms with Crippen LogP contribution in [0.4, 0.5) is 0 Å². The van der Waals surface area contributed by atoms with Gasteiger partial charge in [0.15, 0.2) is 0 Å². The van der Waals surface area contributed by atoms with Gasteiger partial charge in [-0.2, -0.15) is 0 Å². The molecule has 0 aliphatic rings. The van der Waals surface area contributed by atoms with Gasteiger partial charge in [-0.25, -0.2) is 4.79 Å². The number of carboxylic acid groups (broad SMARTS) is 1. The average molecular weight is 279 g/mol. The second-order valence-electron chi connectivity index (χ2n) is 4.56. The molecule has 0 fully saturated rings. The van der Waals surface area contributed by atoms with Crippen LogP contribution in [0.1, 0.15) is 32.3 Å². The number of hydroxylamine groups is 1. The van der Waals surface area contributed by atoms with Crippen molar-refractivity contribution in [2.24, 2.45) is 0 Å². The van der Waals surface area contributed by atoms with Gasteiger partial charge in [-0.15, -0.1) is 0 Å². The van der Waals surface area contributed by atoms with Crippen LogP contribution in [0.15, 0.2) is 35.5 Å². The Labute approximate surface area is 118 Å². The van der Waals surface area contributed by atoms with E-state index in [4.69, 9.17) is 4.84 Å². The Morgan fingerprint density at radius 2 is 1.95 bits per heavy atom. The van der Waals surface area contributed by atoms with Crippen molar-refractivity contribution in [3.05, 3.63) is 41.1 Å². The van der Waals surface area contributed by atoms with Crippen LogP contribution in [-0.2, 0) is 16.1 Å². The van der Waals surface area contributed by atoms with E-state index in [1.165, 1.54) is 12.1 Å². The zero-order valence-electron chi connectivity index (χ0n) is 11.8. The fraction of sp³-hybridized carbons (Fsp3) is 0.400. The molecular formula is C15H21NO4. The maximum Gasteiger partial charge on any atom is 0.333 e. The summed E-state index contributed by atoms with van der Waals surface area (Å²) in [5.41, 5.74) is 4.23. The van der Waals surface area contributed by atoms with Gasteiger partial charge in [0, 0.05) is 12.1 Å². The fourth-order valence-corrected chi connectivity index (χ4v) is 1.62. The lowest BCUT2D eigenvalue weighted by Gasteiger charge is -2.11. The molecule has 0 aliphatic heterocycles. The van der Waals surface area contributed by atoms with E-state index in [0.29, 0.717) is 12.3 Å². The third-order valence-electron chi connectivity index (χ3n) is 2.85. The van der Waals surface area contributed by atoms with Crippen molar-refractivity contribution in [2.75, 3.05) is 6.61 Å². The summed E-state index contributed by atoms with van der Waals surface area (Å²) in [7, 11) is 0. The Bertz CT molecular complexity index is 465. The Morgan fingerprint density at radius 1 is 1.30 bits per heavy atom. The third-order valence-corrected chi connectivity index (χ3v) is 2.85. The molecule has 0 saturated heterocycles. The molecule has 0 saturated carbocycles. The van der Waals surface area contributed by atoms with Crippen LogP contribution in [-0.4, -0.2) is 22.8 Å². The molecule has 110 valence electrons. The Balaban J connectivity index is 2.71. The Hall–Kier alpha value is -2.01. The van der Waals surface area contributed by atoms with E-state index in [-0.39, 0.29) is 17.7 Å². The van der Waals surface area contributed by atoms with Crippen LogP contribution >= 0.6 is 0 Å². The number of phenolic OH excluding ortho intramolecular Hbond substituents is 1. The normalized spacial score (nSPS) is 11.9. The van der Waals surface area contributed by atoms with Crippen LogP contribution in [0.3, 0.4) is 0 Å². The molecule has 0 bridgehead atoms. The number of carbonyl (C=O) groups is 1. The first-order chi connectivity index (χ1) is 9.54. The maximum absolute atomic E-state index is 11.3. The molecule has 1 aromatic rings. The summed E-state index contributed by atoms with van der Waals surface area (Å²) < 4.78 is 0. The van der Waals surface area contributed by atoms with E-state index in [1.807, 2.05) is 0 Å². The van der Waals surface area contributed by atoms with E-state index in [0.717, 1.165) is 18.4 Å². The standard InChI is InChI=1S/C15H21NO4/c1-3-4-9-20-16-11(2)14(15(18)19)10-12-5-7-13(17)8-6-12/h5-8,16-17H,3-4,9-10H2,1-2H3,(H,18,19). The van der Waals surface area contributed by atoms with Crippen molar-refractivity contribution in [3.63, 3.8) is 0 Å². The molecule has 0 radical (unpaired) electrons. The number of aromatic hydroxyl groups is 1. The number of rotatable bonds is 8. The van der Waals surface area contributed by atoms with E-state index >= 15 is 0 Å². The molecule has 0 spiro atoms. The lowest BCUT2D eigenvalue weighted by molar-refractivity contribution is -0.132. The minimum Gasteiger partial charge on any atom is -0.508 e. The Kier molecular flexibility index (Phi) is 6.59. The summed E-state index contributed by atoms with van der Waals surface area (Å²) in [6, 6.07) is 6.47. The summed E-state index contributed by atoms with van der Waals surface area (Å²) in [5, 5.41) is 18.5. The van der Waals surface area contributed by atoms with Gasteiger partial charge in [0.05, 0.1) is 12.2 Å². The zero-order valence-corrected chi connectivity index (χ0v) is 11.8. The SMILES string of the molecule is CCCCONC(C)=C(Cc1ccc(O)cc1)C(=O)O. The van der Waals surface area contributed by atoms with Crippen molar-refractivity contribution in [1.82, 2.24) is 5.48 Å². The van der Waals surface area contributed by atoms with E-state index < -0.39 is 5.97 Å². The monoisotopic (exact) mass is 279 g/mol. The predicted octanol–water partition coefficient (Wildman–Crippen LogP) is 2.61. The number of allylic oxidation sites excluding steroid dienone is 1. The van der Waals surface area contributed by atoms with Gasteiger partial charge in [-0.1, -0.05) is 25.5 Å². The van der Waals surface area contributed by atoms with Crippen molar-refractivity contribution in [1.29, 1.82) is 0 Å². The van der Waals surface area contributed by atoms with Crippen molar-refractivity contribution in [3.8, 4) is 5.75 Å². The van der Waals surface area contributed by atoms with Crippen LogP contribution in [0.2, 0.25) is 0 Å². The molecule has 0 unspecified atom stereocenters. The number of nitrogens with one attached hydrogen (secondary N) is 1. The summed E-state index contributed by atoms with van der Waals surface area (Å²) in [4.78, 5) is 16.5. The number of unbranched alkanes of at least 4 members (excludes halogenated alkanes) is 1. The number of benzene rings is 1. The topological polar surface area (TPSA) is 78.8 Å². The first-order valence-electron chi connectivity index (χ1n) is 6.63. The summed E-state index contributed by atoms with van der Waals surface area (Å²) in [6.45, 7) is 4.27. The minimum absolute atomic E-state index is 0.160. The first kappa shape index (κ1) is 16.0. The van der Waals surface area contributed by atoms with E-state index in [1.54, 1.807) is 19.1 Å². The molecule has 20 heavy (non-hydrogen) atoms. The number of hydrogen-bond acceptors (Lipinski definition) is 4. The Morgan fingerprint density at radius 3 is 2.50 bits per heavy atom. The average Bonchev–Trinajstić information content (AvgIpc) is 2.42. The van der Waals surface area contributed by atoms with Crippen LogP contribution in [0, 0.1) is 0 Å². The molecule has 3 N–H and O–H groups in total. The van der Waals surface area contributed by atoms with Crippen molar-refractivity contribution >= 4 is 5.97 Å². The molecule has 0 amide bonds. The van der Waals surface area contributed by atoms with Crippen LogP contribution < -0.4 is 5.48 Å². The number of aliphatic carboxylic acids is 1. The molecule has 0 aromatic heterocycles. The van der Waals surface area contributed by atoms with Gasteiger partial charge in [-0.3, -0.25) is 10.3 Å². The smallest absolute Gasteiger partial charge is 0.333 e. The van der Waals surface area contributed by atoms with Gasteiger partial charge in [0.2, 0.25) is 0 Å². The lowest BCUT2D eigenvalue weighted by Crippen LogP contribution is -2.19. The molecule has 5 nitrogen and oxygen atoms in total. The molecule has 1 aromatic carbocycles. The molecule has 1 rings (SSSR count). The summed E-state index contributed by atoms with van der Waals surface area (Å²) in [5.74, 6) is -0.825. The molecule has 0 heterocycles. The molecular weight excluding hydrogens is 258 g/mol. The number of phenols is 1. The van der Waals surface area contributed by atoms with E-state index in [2.05, 4.69) is 12.4 Å². The summed E-state index contributed by atoms with van der Waals surface area (Å²) >= 11 is 0. The maximum atomic E-state index is 11.3. The van der Waals surface area contributed by atoms with E-state index in [9.17, 15) is 15.0 Å². The van der Waals surface area contributed by atoms with Crippen molar-refractivity contribution in [2.45, 2.75) is 33.1 Å². The molecule has 0 aliphatic carbocycles. The predicted molar refractivity (Wildman–Crippen MR) is 76.1 cm³/mol. The third kappa shape index (κ3) is 5.32. The fourth-order valence-electron chi connectivity index (χ4n) is 1.62. The first-order valence-corrected chi connectivity index (χ1v) is 6.63. The van der Waals surface area contributed by atoms with Gasteiger partial charge in [0.1, 0.15) is 5.75 Å². The highest BCUT2D eigenvalue weighted by Crippen LogP contribution is 2.15. The zero-order chi connectivity index (χ0) is 15.0. The second kappa shape index (κ2) is 8.22.